The van der Waals surface area contributed by atoms with Gasteiger partial charge in [-0.1, -0.05) is 41.9 Å². The van der Waals surface area contributed by atoms with Crippen LogP contribution in [-0.4, -0.2) is 30.6 Å². The van der Waals surface area contributed by atoms with Gasteiger partial charge in [0, 0.05) is 5.56 Å². The second-order valence-corrected chi connectivity index (χ2v) is 6.20. The summed E-state index contributed by atoms with van der Waals surface area (Å²) in [5, 5.41) is 9.95. The van der Waals surface area contributed by atoms with Crippen LogP contribution < -0.4 is 25.2 Å². The number of anilines is 1. The van der Waals surface area contributed by atoms with E-state index in [0.29, 0.717) is 29.4 Å². The molecule has 0 saturated heterocycles. The van der Waals surface area contributed by atoms with E-state index < -0.39 is 5.56 Å². The highest BCUT2D eigenvalue weighted by molar-refractivity contribution is 6.32. The van der Waals surface area contributed by atoms with Crippen molar-refractivity contribution in [3.05, 3.63) is 75.2 Å². The highest BCUT2D eigenvalue weighted by Gasteiger charge is 2.14. The van der Waals surface area contributed by atoms with Gasteiger partial charge in [-0.15, -0.1) is 0 Å². The molecule has 0 aliphatic carbocycles. The molecule has 3 rings (SSSR count). The van der Waals surface area contributed by atoms with Crippen molar-refractivity contribution in [1.82, 2.24) is 10.2 Å². The van der Waals surface area contributed by atoms with Crippen molar-refractivity contribution in [2.75, 3.05) is 19.6 Å². The minimum atomic E-state index is -0.505. The van der Waals surface area contributed by atoms with Crippen LogP contribution in [0.25, 0.3) is 0 Å². The van der Waals surface area contributed by atoms with Crippen molar-refractivity contribution in [2.24, 2.45) is 5.10 Å². The Balaban J connectivity index is 1.79. The summed E-state index contributed by atoms with van der Waals surface area (Å²) in [5.41, 5.74) is 4.17. The zero-order valence-electron chi connectivity index (χ0n) is 15.8. The van der Waals surface area contributed by atoms with E-state index in [-0.39, 0.29) is 10.7 Å². The van der Waals surface area contributed by atoms with Crippen LogP contribution in [0, 0.1) is 0 Å². The molecule has 8 nitrogen and oxygen atoms in total. The molecule has 1 aromatic heterocycles. The van der Waals surface area contributed by atoms with Crippen molar-refractivity contribution < 1.29 is 14.2 Å². The predicted octanol–water partition coefficient (Wildman–Crippen LogP) is 3.47. The number of hydrogen-bond acceptors (Lipinski definition) is 7. The number of hydrazone groups is 1. The third kappa shape index (κ3) is 5.05. The number of hydrogen-bond donors (Lipinski definition) is 2. The molecule has 2 aromatic carbocycles. The summed E-state index contributed by atoms with van der Waals surface area (Å²) >= 11 is 5.90. The van der Waals surface area contributed by atoms with Crippen LogP contribution in [0.2, 0.25) is 5.02 Å². The van der Waals surface area contributed by atoms with Gasteiger partial charge in [-0.3, -0.25) is 10.2 Å². The third-order valence-electron chi connectivity index (χ3n) is 3.90. The first-order valence-electron chi connectivity index (χ1n) is 8.57. The molecular formula is C20H19ClN4O4. The Labute approximate surface area is 172 Å². The molecule has 1 heterocycles. The van der Waals surface area contributed by atoms with Crippen LogP contribution in [0.1, 0.15) is 11.1 Å². The normalized spacial score (nSPS) is 10.7. The van der Waals surface area contributed by atoms with E-state index in [9.17, 15) is 4.79 Å². The van der Waals surface area contributed by atoms with Gasteiger partial charge in [-0.25, -0.2) is 5.10 Å². The van der Waals surface area contributed by atoms with Gasteiger partial charge < -0.3 is 14.2 Å². The van der Waals surface area contributed by atoms with E-state index in [4.69, 9.17) is 25.8 Å². The van der Waals surface area contributed by atoms with E-state index in [1.54, 1.807) is 26.4 Å². The van der Waals surface area contributed by atoms with Gasteiger partial charge in [0.15, 0.2) is 11.5 Å². The Morgan fingerprint density at radius 1 is 1.17 bits per heavy atom. The summed E-state index contributed by atoms with van der Waals surface area (Å²) in [6, 6.07) is 13.3. The van der Waals surface area contributed by atoms with E-state index in [2.05, 4.69) is 20.7 Å². The molecule has 0 amide bonds. The molecule has 0 fully saturated rings. The van der Waals surface area contributed by atoms with Crippen LogP contribution in [0.5, 0.6) is 17.2 Å². The maximum Gasteiger partial charge on any atom is 0.285 e. The maximum absolute atomic E-state index is 11.5. The molecule has 150 valence electrons. The lowest BCUT2D eigenvalue weighted by molar-refractivity contribution is 0.266. The Kier molecular flexibility index (Phi) is 6.70. The number of H-pyrrole nitrogens is 1. The Bertz CT molecular complexity index is 1030. The van der Waals surface area contributed by atoms with Crippen molar-refractivity contribution in [3.63, 3.8) is 0 Å². The van der Waals surface area contributed by atoms with Crippen LogP contribution in [-0.2, 0) is 6.61 Å². The first-order chi connectivity index (χ1) is 14.1. The highest BCUT2D eigenvalue weighted by Crippen LogP contribution is 2.38. The fraction of sp³-hybridized carbons (Fsp3) is 0.150. The summed E-state index contributed by atoms with van der Waals surface area (Å²) < 4.78 is 16.8. The van der Waals surface area contributed by atoms with Crippen molar-refractivity contribution in [1.29, 1.82) is 0 Å². The fourth-order valence-corrected chi connectivity index (χ4v) is 2.62. The fourth-order valence-electron chi connectivity index (χ4n) is 2.48. The van der Waals surface area contributed by atoms with Crippen molar-refractivity contribution >= 4 is 23.5 Å². The maximum atomic E-state index is 11.5. The van der Waals surface area contributed by atoms with E-state index in [1.165, 1.54) is 12.4 Å². The second-order valence-electron chi connectivity index (χ2n) is 5.83. The van der Waals surface area contributed by atoms with Gasteiger partial charge in [0.1, 0.15) is 17.3 Å². The molecule has 0 saturated carbocycles. The molecule has 0 unspecified atom stereocenters. The molecule has 0 bridgehead atoms. The number of rotatable bonds is 8. The summed E-state index contributed by atoms with van der Waals surface area (Å²) in [7, 11) is 3.09. The van der Waals surface area contributed by atoms with Crippen LogP contribution >= 0.6 is 11.6 Å². The molecule has 9 heteroatoms. The third-order valence-corrected chi connectivity index (χ3v) is 4.28. The first kappa shape index (κ1) is 20.2. The number of halogens is 1. The van der Waals surface area contributed by atoms with Crippen molar-refractivity contribution in [2.45, 2.75) is 6.61 Å². The van der Waals surface area contributed by atoms with Gasteiger partial charge in [0.05, 0.1) is 26.6 Å². The average molecular weight is 415 g/mol. The van der Waals surface area contributed by atoms with E-state index >= 15 is 0 Å². The Hall–Kier alpha value is -3.52. The number of ether oxygens (including phenoxy) is 3. The van der Waals surface area contributed by atoms with Crippen molar-refractivity contribution in [3.8, 4) is 17.2 Å². The lowest BCUT2D eigenvalue weighted by Gasteiger charge is -2.15. The van der Waals surface area contributed by atoms with Gasteiger partial charge >= 0.3 is 0 Å². The number of methoxy groups -OCH3 is 2. The van der Waals surface area contributed by atoms with Gasteiger partial charge in [-0.05, 0) is 17.7 Å². The largest absolute Gasteiger partial charge is 0.493 e. The lowest BCUT2D eigenvalue weighted by atomic mass is 10.2. The molecule has 0 atom stereocenters. The molecule has 0 spiro atoms. The number of nitrogens with one attached hydrogen (secondary N) is 2. The molecule has 0 radical (unpaired) electrons. The first-order valence-corrected chi connectivity index (χ1v) is 8.95. The van der Waals surface area contributed by atoms with Gasteiger partial charge in [-0.2, -0.15) is 10.2 Å². The number of benzene rings is 2. The predicted molar refractivity (Wildman–Crippen MR) is 111 cm³/mol. The molecule has 2 N–H and O–H groups in total. The second kappa shape index (κ2) is 9.61. The van der Waals surface area contributed by atoms with Crippen LogP contribution in [0.4, 0.5) is 5.69 Å². The summed E-state index contributed by atoms with van der Waals surface area (Å²) in [5.74, 6) is 1.49. The lowest BCUT2D eigenvalue weighted by Crippen LogP contribution is -2.10. The van der Waals surface area contributed by atoms with Crippen LogP contribution in [0.15, 0.2) is 58.6 Å². The summed E-state index contributed by atoms with van der Waals surface area (Å²) in [6.07, 6.45) is 2.90. The Morgan fingerprint density at radius 2 is 1.86 bits per heavy atom. The summed E-state index contributed by atoms with van der Waals surface area (Å²) in [6.45, 7) is 0.372. The number of nitrogens with zero attached hydrogens (tertiary/aromatic N) is 2. The molecule has 0 aliphatic heterocycles. The molecule has 29 heavy (non-hydrogen) atoms. The highest BCUT2D eigenvalue weighted by atomic mass is 35.5. The van der Waals surface area contributed by atoms with E-state index in [0.717, 1.165) is 5.56 Å². The smallest absolute Gasteiger partial charge is 0.285 e. The topological polar surface area (TPSA) is 97.8 Å². The number of aromatic nitrogens is 2. The molecule has 0 aliphatic rings. The average Bonchev–Trinajstić information content (AvgIpc) is 2.75. The monoisotopic (exact) mass is 414 g/mol. The number of aromatic amines is 1. The summed E-state index contributed by atoms with van der Waals surface area (Å²) in [4.78, 5) is 11.5. The zero-order chi connectivity index (χ0) is 20.6. The standard InChI is InChI=1S/C20H19ClN4O4/c1-27-16-8-14(10-22-24-15-11-23-25-20(26)18(15)21)9-17(28-2)19(16)29-12-13-6-4-3-5-7-13/h3-11H,12H2,1-2H3,(H2,24,25,26)/b22-10-. The zero-order valence-corrected chi connectivity index (χ0v) is 16.6. The molecule has 3 aromatic rings. The quantitative estimate of drug-likeness (QED) is 0.432. The molecular weight excluding hydrogens is 396 g/mol. The van der Waals surface area contributed by atoms with E-state index in [1.807, 2.05) is 30.3 Å². The SMILES string of the molecule is COc1cc(/C=N\Nc2cn[nH]c(=O)c2Cl)cc(OC)c1OCc1ccccc1. The minimum absolute atomic E-state index is 0.0306. The van der Waals surface area contributed by atoms with Crippen LogP contribution in [0.3, 0.4) is 0 Å². The minimum Gasteiger partial charge on any atom is -0.493 e. The Morgan fingerprint density at radius 3 is 2.52 bits per heavy atom. The van der Waals surface area contributed by atoms with Gasteiger partial charge in [0.25, 0.3) is 5.56 Å². The van der Waals surface area contributed by atoms with Gasteiger partial charge in [0.2, 0.25) is 5.75 Å².